The lowest BCUT2D eigenvalue weighted by molar-refractivity contribution is 0.318. The summed E-state index contributed by atoms with van der Waals surface area (Å²) in [6, 6.07) is 8.90. The van der Waals surface area contributed by atoms with Gasteiger partial charge in [-0.2, -0.15) is 0 Å². The van der Waals surface area contributed by atoms with E-state index in [9.17, 15) is 0 Å². The van der Waals surface area contributed by atoms with Gasteiger partial charge in [0.1, 0.15) is 5.75 Å². The van der Waals surface area contributed by atoms with E-state index < -0.39 is 0 Å². The van der Waals surface area contributed by atoms with Crippen LogP contribution in [0.2, 0.25) is 5.02 Å². The number of ether oxygens (including phenoxy) is 1. The number of hydrogen-bond donors (Lipinski definition) is 2. The third kappa shape index (κ3) is 3.61. The minimum Gasteiger partial charge on any atom is -0.493 e. The van der Waals surface area contributed by atoms with Crippen LogP contribution in [-0.4, -0.2) is 22.6 Å². The minimum absolute atomic E-state index is 0.0293. The van der Waals surface area contributed by atoms with E-state index in [1.54, 1.807) is 30.6 Å². The maximum Gasteiger partial charge on any atom is 0.171 e. The quantitative estimate of drug-likeness (QED) is 0.384. The molecule has 0 atom stereocenters. The van der Waals surface area contributed by atoms with Crippen LogP contribution < -0.4 is 10.5 Å². The van der Waals surface area contributed by atoms with Crippen LogP contribution in [0.15, 0.2) is 47.9 Å². The Hall–Kier alpha value is -2.27. The molecule has 5 nitrogen and oxygen atoms in total. The average Bonchev–Trinajstić information content (AvgIpc) is 2.48. The third-order valence-corrected chi connectivity index (χ3v) is 3.05. The van der Waals surface area contributed by atoms with Gasteiger partial charge in [-0.25, -0.2) is 0 Å². The van der Waals surface area contributed by atoms with E-state index in [4.69, 9.17) is 27.3 Å². The van der Waals surface area contributed by atoms with Crippen molar-refractivity contribution in [2.75, 3.05) is 6.61 Å². The van der Waals surface area contributed by atoms with Crippen molar-refractivity contribution < 1.29 is 9.94 Å². The molecule has 20 heavy (non-hydrogen) atoms. The van der Waals surface area contributed by atoms with Crippen molar-refractivity contribution in [1.82, 2.24) is 4.98 Å². The van der Waals surface area contributed by atoms with Crippen molar-refractivity contribution in [2.24, 2.45) is 10.9 Å². The Kier molecular flexibility index (Phi) is 4.79. The summed E-state index contributed by atoms with van der Waals surface area (Å²) in [7, 11) is 0. The molecule has 0 saturated carbocycles. The highest BCUT2D eigenvalue weighted by molar-refractivity contribution is 6.34. The number of hydrogen-bond acceptors (Lipinski definition) is 4. The van der Waals surface area contributed by atoms with E-state index in [1.807, 2.05) is 12.1 Å². The van der Waals surface area contributed by atoms with E-state index in [2.05, 4.69) is 10.1 Å². The van der Waals surface area contributed by atoms with Gasteiger partial charge in [0, 0.05) is 24.4 Å². The molecule has 0 aliphatic rings. The van der Waals surface area contributed by atoms with Crippen molar-refractivity contribution in [3.05, 3.63) is 58.9 Å². The number of nitrogens with two attached hydrogens (primary N) is 1. The van der Waals surface area contributed by atoms with Gasteiger partial charge in [0.2, 0.25) is 0 Å². The summed E-state index contributed by atoms with van der Waals surface area (Å²) in [5.41, 5.74) is 7.11. The fraction of sp³-hybridized carbons (Fsp3) is 0.143. The smallest absolute Gasteiger partial charge is 0.171 e. The van der Waals surface area contributed by atoms with Crippen LogP contribution in [-0.2, 0) is 6.42 Å². The molecule has 1 aromatic heterocycles. The summed E-state index contributed by atoms with van der Waals surface area (Å²) in [4.78, 5) is 3.96. The first kappa shape index (κ1) is 14.1. The number of nitrogens with zero attached hydrogens (tertiary/aromatic N) is 2. The maximum atomic E-state index is 8.62. The topological polar surface area (TPSA) is 80.7 Å². The molecule has 2 rings (SSSR count). The number of rotatable bonds is 5. The Morgan fingerprint density at radius 2 is 2.05 bits per heavy atom. The lowest BCUT2D eigenvalue weighted by Gasteiger charge is -2.08. The van der Waals surface area contributed by atoms with E-state index in [0.29, 0.717) is 22.9 Å². The molecule has 6 heteroatoms. The molecule has 0 fully saturated rings. The van der Waals surface area contributed by atoms with E-state index in [-0.39, 0.29) is 5.84 Å². The summed E-state index contributed by atoms with van der Waals surface area (Å²) in [5, 5.41) is 11.9. The molecular formula is C14H14ClN3O2. The van der Waals surface area contributed by atoms with Gasteiger partial charge in [-0.05, 0) is 35.9 Å². The lowest BCUT2D eigenvalue weighted by Crippen LogP contribution is -2.13. The summed E-state index contributed by atoms with van der Waals surface area (Å²) >= 11 is 6.04. The molecule has 0 saturated heterocycles. The molecule has 2 aromatic rings. The summed E-state index contributed by atoms with van der Waals surface area (Å²) in [6.45, 7) is 0.531. The Morgan fingerprint density at radius 1 is 1.30 bits per heavy atom. The van der Waals surface area contributed by atoms with Crippen LogP contribution in [0, 0.1) is 0 Å². The van der Waals surface area contributed by atoms with Gasteiger partial charge in [0.05, 0.1) is 11.6 Å². The van der Waals surface area contributed by atoms with Crippen LogP contribution in [0.25, 0.3) is 0 Å². The van der Waals surface area contributed by atoms with Crippen LogP contribution >= 0.6 is 11.6 Å². The molecule has 0 aliphatic heterocycles. The molecule has 0 spiro atoms. The van der Waals surface area contributed by atoms with Crippen LogP contribution in [0.4, 0.5) is 0 Å². The average molecular weight is 292 g/mol. The molecule has 1 heterocycles. The fourth-order valence-electron chi connectivity index (χ4n) is 1.68. The van der Waals surface area contributed by atoms with Crippen molar-refractivity contribution in [3.8, 4) is 5.75 Å². The number of halogens is 1. The Balaban J connectivity index is 1.96. The molecule has 3 N–H and O–H groups in total. The predicted octanol–water partition coefficient (Wildman–Crippen LogP) is 2.45. The second kappa shape index (κ2) is 6.77. The Labute approximate surface area is 121 Å². The fourth-order valence-corrected chi connectivity index (χ4v) is 1.95. The van der Waals surface area contributed by atoms with E-state index >= 15 is 0 Å². The number of oxime groups is 1. The van der Waals surface area contributed by atoms with Crippen LogP contribution in [0.1, 0.15) is 11.1 Å². The van der Waals surface area contributed by atoms with Gasteiger partial charge in [-0.3, -0.25) is 4.98 Å². The number of benzene rings is 1. The normalized spacial score (nSPS) is 11.3. The van der Waals surface area contributed by atoms with Crippen LogP contribution in [0.3, 0.4) is 0 Å². The highest BCUT2D eigenvalue weighted by Crippen LogP contribution is 2.22. The SMILES string of the molecule is N/C(=N/O)c1ccc(OCCc2ccncc2)cc1Cl. The second-order valence-corrected chi connectivity index (χ2v) is 4.49. The first-order valence-corrected chi connectivity index (χ1v) is 6.37. The van der Waals surface area contributed by atoms with Crippen LogP contribution in [0.5, 0.6) is 5.75 Å². The summed E-state index contributed by atoms with van der Waals surface area (Å²) < 4.78 is 5.61. The van der Waals surface area contributed by atoms with Crippen molar-refractivity contribution in [3.63, 3.8) is 0 Å². The van der Waals surface area contributed by atoms with Gasteiger partial charge in [0.25, 0.3) is 0 Å². The van der Waals surface area contributed by atoms with Crippen molar-refractivity contribution >= 4 is 17.4 Å². The van der Waals surface area contributed by atoms with Gasteiger partial charge in [0.15, 0.2) is 5.84 Å². The predicted molar refractivity (Wildman–Crippen MR) is 77.4 cm³/mol. The third-order valence-electron chi connectivity index (χ3n) is 2.73. The zero-order valence-electron chi connectivity index (χ0n) is 10.7. The zero-order chi connectivity index (χ0) is 14.4. The molecule has 0 unspecified atom stereocenters. The number of pyridine rings is 1. The number of amidine groups is 1. The molecule has 0 radical (unpaired) electrons. The highest BCUT2D eigenvalue weighted by Gasteiger charge is 2.06. The molecule has 0 bridgehead atoms. The van der Waals surface area contributed by atoms with Gasteiger partial charge in [-0.1, -0.05) is 16.8 Å². The summed E-state index contributed by atoms with van der Waals surface area (Å²) in [6.07, 6.45) is 4.28. The van der Waals surface area contributed by atoms with Gasteiger partial charge in [-0.15, -0.1) is 0 Å². The highest BCUT2D eigenvalue weighted by atomic mass is 35.5. The van der Waals surface area contributed by atoms with E-state index in [1.165, 1.54) is 0 Å². The minimum atomic E-state index is -0.0293. The maximum absolute atomic E-state index is 8.62. The van der Waals surface area contributed by atoms with Crippen molar-refractivity contribution in [2.45, 2.75) is 6.42 Å². The number of aromatic nitrogens is 1. The van der Waals surface area contributed by atoms with E-state index in [0.717, 1.165) is 12.0 Å². The van der Waals surface area contributed by atoms with Crippen molar-refractivity contribution in [1.29, 1.82) is 0 Å². The standard InChI is InChI=1S/C14H14ClN3O2/c15-13-9-11(1-2-12(13)14(16)18-19)20-8-5-10-3-6-17-7-4-10/h1-4,6-7,9,19H,5,8H2,(H2,16,18). The Morgan fingerprint density at radius 3 is 2.70 bits per heavy atom. The zero-order valence-corrected chi connectivity index (χ0v) is 11.4. The molecule has 0 aliphatic carbocycles. The molecule has 104 valence electrons. The first-order chi connectivity index (χ1) is 9.70. The monoisotopic (exact) mass is 291 g/mol. The largest absolute Gasteiger partial charge is 0.493 e. The molecule has 1 aromatic carbocycles. The summed E-state index contributed by atoms with van der Waals surface area (Å²) in [5.74, 6) is 0.608. The van der Waals surface area contributed by atoms with Gasteiger partial charge < -0.3 is 15.7 Å². The lowest BCUT2D eigenvalue weighted by atomic mass is 10.2. The Bertz CT molecular complexity index is 603. The first-order valence-electron chi connectivity index (χ1n) is 6.00. The molecule has 0 amide bonds. The molecular weight excluding hydrogens is 278 g/mol. The second-order valence-electron chi connectivity index (χ2n) is 4.08. The van der Waals surface area contributed by atoms with Gasteiger partial charge >= 0.3 is 0 Å².